The third-order valence-corrected chi connectivity index (χ3v) is 2.81. The van der Waals surface area contributed by atoms with Crippen LogP contribution < -0.4 is 9.47 Å². The Morgan fingerprint density at radius 2 is 2.00 bits per heavy atom. The van der Waals surface area contributed by atoms with Gasteiger partial charge in [-0.25, -0.2) is 0 Å². The number of rotatable bonds is 3. The van der Waals surface area contributed by atoms with Crippen molar-refractivity contribution >= 4 is 5.97 Å². The van der Waals surface area contributed by atoms with Crippen LogP contribution in [0.1, 0.15) is 19.3 Å². The van der Waals surface area contributed by atoms with Crippen LogP contribution in [0.3, 0.4) is 0 Å². The van der Waals surface area contributed by atoms with Crippen molar-refractivity contribution in [2.75, 3.05) is 0 Å². The molecule has 1 N–H and O–H groups in total. The Morgan fingerprint density at radius 3 is 2.47 bits per heavy atom. The van der Waals surface area contributed by atoms with E-state index in [1.54, 1.807) is 0 Å². The summed E-state index contributed by atoms with van der Waals surface area (Å²) < 4.78 is 44.4. The van der Waals surface area contributed by atoms with E-state index in [0.29, 0.717) is 0 Å². The second-order valence-corrected chi connectivity index (χ2v) is 4.23. The van der Waals surface area contributed by atoms with Gasteiger partial charge < -0.3 is 14.6 Å². The number of phenolic OH excluding ortho intramolecular Hbond substituents is 1. The van der Waals surface area contributed by atoms with Crippen LogP contribution >= 0.6 is 0 Å². The Labute approximate surface area is 106 Å². The Hall–Kier alpha value is -1.92. The van der Waals surface area contributed by atoms with Gasteiger partial charge in [-0.3, -0.25) is 4.79 Å². The number of esters is 1. The van der Waals surface area contributed by atoms with Crippen LogP contribution in [-0.2, 0) is 4.79 Å². The van der Waals surface area contributed by atoms with Gasteiger partial charge in [-0.05, 0) is 25.0 Å². The Balaban J connectivity index is 2.03. The highest BCUT2D eigenvalue weighted by Gasteiger charge is 2.32. The van der Waals surface area contributed by atoms with Crippen LogP contribution in [0.25, 0.3) is 0 Å². The maximum Gasteiger partial charge on any atom is 0.573 e. The molecule has 0 aromatic heterocycles. The van der Waals surface area contributed by atoms with Gasteiger partial charge in [-0.1, -0.05) is 6.42 Å². The Morgan fingerprint density at radius 1 is 1.32 bits per heavy atom. The summed E-state index contributed by atoms with van der Waals surface area (Å²) in [5, 5.41) is 9.36. The van der Waals surface area contributed by atoms with Crippen molar-refractivity contribution < 1.29 is 32.5 Å². The highest BCUT2D eigenvalue weighted by Crippen LogP contribution is 2.35. The number of alkyl halides is 3. The van der Waals surface area contributed by atoms with E-state index in [-0.39, 0.29) is 11.7 Å². The third-order valence-electron chi connectivity index (χ3n) is 2.81. The lowest BCUT2D eigenvalue weighted by Crippen LogP contribution is -2.26. The first kappa shape index (κ1) is 13.5. The van der Waals surface area contributed by atoms with Crippen LogP contribution in [0.5, 0.6) is 17.2 Å². The minimum Gasteiger partial charge on any atom is -0.504 e. The van der Waals surface area contributed by atoms with Crippen molar-refractivity contribution in [1.82, 2.24) is 0 Å². The second kappa shape index (κ2) is 4.99. The molecule has 0 aliphatic heterocycles. The van der Waals surface area contributed by atoms with Crippen molar-refractivity contribution in [3.63, 3.8) is 0 Å². The first-order valence-corrected chi connectivity index (χ1v) is 5.65. The molecule has 19 heavy (non-hydrogen) atoms. The molecule has 0 saturated heterocycles. The maximum atomic E-state index is 12.0. The van der Waals surface area contributed by atoms with Crippen molar-refractivity contribution in [3.8, 4) is 17.2 Å². The molecule has 0 radical (unpaired) electrons. The first-order valence-electron chi connectivity index (χ1n) is 5.65. The minimum atomic E-state index is -4.89. The SMILES string of the molecule is O=C(Oc1ccc(OC(F)(F)F)c(O)c1)C1CCC1. The molecule has 104 valence electrons. The predicted octanol–water partition coefficient (Wildman–Crippen LogP) is 3.00. The summed E-state index contributed by atoms with van der Waals surface area (Å²) in [5.74, 6) is -2.08. The molecule has 0 spiro atoms. The number of halogens is 3. The summed E-state index contributed by atoms with van der Waals surface area (Å²) in [5.41, 5.74) is 0. The number of carbonyl (C=O) groups is 1. The zero-order chi connectivity index (χ0) is 14.0. The lowest BCUT2D eigenvalue weighted by atomic mass is 9.86. The fourth-order valence-corrected chi connectivity index (χ4v) is 1.62. The molecular weight excluding hydrogens is 265 g/mol. The predicted molar refractivity (Wildman–Crippen MR) is 57.8 cm³/mol. The maximum absolute atomic E-state index is 12.0. The van der Waals surface area contributed by atoms with Gasteiger partial charge in [0, 0.05) is 6.07 Å². The van der Waals surface area contributed by atoms with E-state index >= 15 is 0 Å². The van der Waals surface area contributed by atoms with Crippen molar-refractivity contribution in [2.45, 2.75) is 25.6 Å². The van der Waals surface area contributed by atoms with Crippen LogP contribution in [0.4, 0.5) is 13.2 Å². The fraction of sp³-hybridized carbons (Fsp3) is 0.417. The topological polar surface area (TPSA) is 55.8 Å². The van der Waals surface area contributed by atoms with E-state index in [0.717, 1.165) is 37.5 Å². The zero-order valence-corrected chi connectivity index (χ0v) is 9.74. The van der Waals surface area contributed by atoms with Crippen molar-refractivity contribution in [1.29, 1.82) is 0 Å². The molecule has 0 amide bonds. The molecule has 2 rings (SSSR count). The standard InChI is InChI=1S/C12H11F3O4/c13-12(14,15)19-10-5-4-8(6-9(10)16)18-11(17)7-2-1-3-7/h4-7,16H,1-3H2. The Bertz CT molecular complexity index is 480. The zero-order valence-electron chi connectivity index (χ0n) is 9.74. The summed E-state index contributed by atoms with van der Waals surface area (Å²) in [4.78, 5) is 11.5. The minimum absolute atomic E-state index is 0.0103. The number of benzene rings is 1. The quantitative estimate of drug-likeness (QED) is 0.681. The molecule has 1 saturated carbocycles. The largest absolute Gasteiger partial charge is 0.573 e. The van der Waals surface area contributed by atoms with Gasteiger partial charge in [-0.2, -0.15) is 0 Å². The van der Waals surface area contributed by atoms with Gasteiger partial charge in [0.1, 0.15) is 5.75 Å². The van der Waals surface area contributed by atoms with Crippen LogP contribution in [-0.4, -0.2) is 17.4 Å². The average Bonchev–Trinajstić information content (AvgIpc) is 2.17. The molecule has 1 aliphatic rings. The average molecular weight is 276 g/mol. The number of carbonyl (C=O) groups excluding carboxylic acids is 1. The molecule has 4 nitrogen and oxygen atoms in total. The fourth-order valence-electron chi connectivity index (χ4n) is 1.62. The van der Waals surface area contributed by atoms with E-state index in [9.17, 15) is 23.1 Å². The van der Waals surface area contributed by atoms with Crippen LogP contribution in [0.15, 0.2) is 18.2 Å². The van der Waals surface area contributed by atoms with Gasteiger partial charge in [-0.15, -0.1) is 13.2 Å². The number of hydrogen-bond donors (Lipinski definition) is 1. The molecular formula is C12H11F3O4. The van der Waals surface area contributed by atoms with E-state index < -0.39 is 23.8 Å². The summed E-state index contributed by atoms with van der Waals surface area (Å²) >= 11 is 0. The lowest BCUT2D eigenvalue weighted by Gasteiger charge is -2.23. The molecule has 0 heterocycles. The van der Waals surface area contributed by atoms with Gasteiger partial charge in [0.25, 0.3) is 0 Å². The smallest absolute Gasteiger partial charge is 0.504 e. The number of aromatic hydroxyl groups is 1. The molecule has 7 heteroatoms. The van der Waals surface area contributed by atoms with Crippen LogP contribution in [0, 0.1) is 5.92 Å². The number of phenols is 1. The summed E-state index contributed by atoms with van der Waals surface area (Å²) in [7, 11) is 0. The molecule has 1 aromatic carbocycles. The highest BCUT2D eigenvalue weighted by molar-refractivity contribution is 5.76. The van der Waals surface area contributed by atoms with Gasteiger partial charge in [0.15, 0.2) is 11.5 Å². The molecule has 0 atom stereocenters. The van der Waals surface area contributed by atoms with E-state index in [1.807, 2.05) is 0 Å². The van der Waals surface area contributed by atoms with Gasteiger partial charge in [0.05, 0.1) is 5.92 Å². The van der Waals surface area contributed by atoms with Gasteiger partial charge >= 0.3 is 12.3 Å². The van der Waals surface area contributed by atoms with Crippen molar-refractivity contribution in [3.05, 3.63) is 18.2 Å². The van der Waals surface area contributed by atoms with Gasteiger partial charge in [0.2, 0.25) is 0 Å². The molecule has 0 unspecified atom stereocenters. The highest BCUT2D eigenvalue weighted by atomic mass is 19.4. The van der Waals surface area contributed by atoms with Crippen molar-refractivity contribution in [2.24, 2.45) is 5.92 Å². The lowest BCUT2D eigenvalue weighted by molar-refractivity contribution is -0.275. The molecule has 1 aliphatic carbocycles. The molecule has 1 aromatic rings. The normalized spacial score (nSPS) is 15.7. The summed E-state index contributed by atoms with van der Waals surface area (Å²) in [6.07, 6.45) is -2.43. The molecule has 0 bridgehead atoms. The molecule has 1 fully saturated rings. The van der Waals surface area contributed by atoms with Crippen LogP contribution in [0.2, 0.25) is 0 Å². The summed E-state index contributed by atoms with van der Waals surface area (Å²) in [6, 6.07) is 2.95. The second-order valence-electron chi connectivity index (χ2n) is 4.23. The number of hydrogen-bond acceptors (Lipinski definition) is 4. The number of ether oxygens (including phenoxy) is 2. The monoisotopic (exact) mass is 276 g/mol. The Kier molecular flexibility index (Phi) is 3.55. The third kappa shape index (κ3) is 3.52. The first-order chi connectivity index (χ1) is 8.85. The van der Waals surface area contributed by atoms with E-state index in [4.69, 9.17) is 4.74 Å². The summed E-state index contributed by atoms with van der Waals surface area (Å²) in [6.45, 7) is 0. The van der Waals surface area contributed by atoms with E-state index in [1.165, 1.54) is 0 Å². The van der Waals surface area contributed by atoms with E-state index in [2.05, 4.69) is 4.74 Å².